The smallest absolute Gasteiger partial charge is 0.203 e. The second kappa shape index (κ2) is 6.15. The Bertz CT molecular complexity index is 571. The van der Waals surface area contributed by atoms with Gasteiger partial charge in [-0.15, -0.1) is 21.5 Å². The van der Waals surface area contributed by atoms with Gasteiger partial charge in [0.15, 0.2) is 5.01 Å². The molecule has 0 amide bonds. The van der Waals surface area contributed by atoms with Crippen LogP contribution in [0.5, 0.6) is 0 Å². The van der Waals surface area contributed by atoms with Crippen molar-refractivity contribution in [3.63, 3.8) is 0 Å². The zero-order chi connectivity index (χ0) is 13.9. The summed E-state index contributed by atoms with van der Waals surface area (Å²) in [6.45, 7) is 5.54. The average Bonchev–Trinajstić information content (AvgIpc) is 3.12. The third-order valence-corrected chi connectivity index (χ3v) is 5.41. The predicted octanol–water partition coefficient (Wildman–Crippen LogP) is 2.79. The van der Waals surface area contributed by atoms with Crippen LogP contribution in [0.1, 0.15) is 36.9 Å². The molecule has 0 unspecified atom stereocenters. The van der Waals surface area contributed by atoms with Crippen LogP contribution in [0.25, 0.3) is 9.88 Å². The maximum atomic E-state index is 5.70. The van der Waals surface area contributed by atoms with Gasteiger partial charge < -0.3 is 5.73 Å². The van der Waals surface area contributed by atoms with Crippen LogP contribution in [0.4, 0.5) is 5.13 Å². The Kier molecular flexibility index (Phi) is 4.28. The molecule has 1 aliphatic rings. The lowest BCUT2D eigenvalue weighted by Gasteiger charge is -2.11. The Morgan fingerprint density at radius 1 is 1.20 bits per heavy atom. The highest BCUT2D eigenvalue weighted by molar-refractivity contribution is 7.23. The van der Waals surface area contributed by atoms with Crippen LogP contribution in [0, 0.1) is 0 Å². The second-order valence-electron chi connectivity index (χ2n) is 5.06. The highest BCUT2D eigenvalue weighted by atomic mass is 32.1. The summed E-state index contributed by atoms with van der Waals surface area (Å²) >= 11 is 3.20. The first-order chi connectivity index (χ1) is 9.76. The summed E-state index contributed by atoms with van der Waals surface area (Å²) in [6, 6.07) is 0. The highest BCUT2D eigenvalue weighted by Crippen LogP contribution is 2.34. The van der Waals surface area contributed by atoms with E-state index in [0.29, 0.717) is 5.13 Å². The first kappa shape index (κ1) is 13.9. The molecule has 5 nitrogen and oxygen atoms in total. The fraction of sp³-hybridized carbons (Fsp3) is 0.615. The predicted molar refractivity (Wildman–Crippen MR) is 83.9 cm³/mol. The Labute approximate surface area is 126 Å². The summed E-state index contributed by atoms with van der Waals surface area (Å²) in [6.07, 6.45) is 4.71. The van der Waals surface area contributed by atoms with E-state index in [0.717, 1.165) is 35.0 Å². The van der Waals surface area contributed by atoms with E-state index in [-0.39, 0.29) is 0 Å². The first-order valence-corrected chi connectivity index (χ1v) is 8.70. The molecule has 0 saturated carbocycles. The normalized spacial score (nSPS) is 16.1. The Balaban J connectivity index is 1.85. The molecule has 0 aliphatic carbocycles. The van der Waals surface area contributed by atoms with Gasteiger partial charge >= 0.3 is 0 Å². The SMILES string of the molecule is CCCc1nc(CN2CCCC2)sc1-c1nnc(N)s1. The molecular weight excluding hydrogens is 290 g/mol. The maximum Gasteiger partial charge on any atom is 0.203 e. The standard InChI is InChI=1S/C13H19N5S2/c1-2-5-9-11(12-16-17-13(14)20-12)19-10(15-9)8-18-6-3-4-7-18/h2-8H2,1H3,(H2,14,17). The van der Waals surface area contributed by atoms with E-state index in [9.17, 15) is 0 Å². The lowest BCUT2D eigenvalue weighted by molar-refractivity contribution is 0.330. The van der Waals surface area contributed by atoms with Gasteiger partial charge in [-0.2, -0.15) is 0 Å². The van der Waals surface area contributed by atoms with Crippen molar-refractivity contribution in [2.24, 2.45) is 0 Å². The molecule has 0 spiro atoms. The quantitative estimate of drug-likeness (QED) is 0.920. The minimum atomic E-state index is 0.525. The minimum Gasteiger partial charge on any atom is -0.374 e. The lowest BCUT2D eigenvalue weighted by Crippen LogP contribution is -2.18. The molecule has 0 atom stereocenters. The van der Waals surface area contributed by atoms with Crippen LogP contribution in [0.3, 0.4) is 0 Å². The zero-order valence-corrected chi connectivity index (χ0v) is 13.3. The van der Waals surface area contributed by atoms with Crippen molar-refractivity contribution in [2.45, 2.75) is 39.2 Å². The molecule has 2 N–H and O–H groups in total. The van der Waals surface area contributed by atoms with Gasteiger partial charge in [-0.05, 0) is 32.4 Å². The number of hydrogen-bond acceptors (Lipinski definition) is 7. The monoisotopic (exact) mass is 309 g/mol. The number of thiazole rings is 1. The summed E-state index contributed by atoms with van der Waals surface area (Å²) in [7, 11) is 0. The van der Waals surface area contributed by atoms with E-state index >= 15 is 0 Å². The summed E-state index contributed by atoms with van der Waals surface area (Å²) in [5.74, 6) is 0. The second-order valence-corrected chi connectivity index (χ2v) is 7.15. The lowest BCUT2D eigenvalue weighted by atomic mass is 10.2. The van der Waals surface area contributed by atoms with Crippen molar-refractivity contribution in [1.29, 1.82) is 0 Å². The number of nitrogens with zero attached hydrogens (tertiary/aromatic N) is 4. The van der Waals surface area contributed by atoms with Crippen molar-refractivity contribution in [3.8, 4) is 9.88 Å². The molecule has 3 rings (SSSR count). The summed E-state index contributed by atoms with van der Waals surface area (Å²) < 4.78 is 0. The van der Waals surface area contributed by atoms with E-state index in [1.807, 2.05) is 0 Å². The molecule has 2 aromatic rings. The third-order valence-electron chi connectivity index (χ3n) is 3.42. The molecule has 20 heavy (non-hydrogen) atoms. The van der Waals surface area contributed by atoms with Gasteiger partial charge in [0.25, 0.3) is 0 Å². The molecule has 0 bridgehead atoms. The molecule has 1 aliphatic heterocycles. The Hall–Kier alpha value is -1.05. The maximum absolute atomic E-state index is 5.70. The molecule has 7 heteroatoms. The van der Waals surface area contributed by atoms with E-state index in [4.69, 9.17) is 10.7 Å². The first-order valence-electron chi connectivity index (χ1n) is 7.06. The largest absolute Gasteiger partial charge is 0.374 e. The van der Waals surface area contributed by atoms with E-state index in [1.54, 1.807) is 11.3 Å². The Morgan fingerprint density at radius 3 is 2.65 bits per heavy atom. The van der Waals surface area contributed by atoms with Crippen LogP contribution in [-0.2, 0) is 13.0 Å². The molecular formula is C13H19N5S2. The van der Waals surface area contributed by atoms with Gasteiger partial charge in [0, 0.05) is 0 Å². The van der Waals surface area contributed by atoms with E-state index in [1.165, 1.54) is 42.3 Å². The van der Waals surface area contributed by atoms with Crippen molar-refractivity contribution in [3.05, 3.63) is 10.7 Å². The third kappa shape index (κ3) is 2.99. The van der Waals surface area contributed by atoms with Gasteiger partial charge in [0.05, 0.1) is 17.1 Å². The highest BCUT2D eigenvalue weighted by Gasteiger charge is 2.19. The molecule has 2 aromatic heterocycles. The van der Waals surface area contributed by atoms with Crippen LogP contribution in [-0.4, -0.2) is 33.2 Å². The molecule has 108 valence electrons. The molecule has 0 aromatic carbocycles. The van der Waals surface area contributed by atoms with Gasteiger partial charge in [0.1, 0.15) is 5.01 Å². The number of rotatable bonds is 5. The van der Waals surface area contributed by atoms with Crippen molar-refractivity contribution in [2.75, 3.05) is 18.8 Å². The fourth-order valence-electron chi connectivity index (χ4n) is 2.50. The minimum absolute atomic E-state index is 0.525. The summed E-state index contributed by atoms with van der Waals surface area (Å²) in [4.78, 5) is 8.47. The van der Waals surface area contributed by atoms with E-state index in [2.05, 4.69) is 22.0 Å². The van der Waals surface area contributed by atoms with Crippen molar-refractivity contribution < 1.29 is 0 Å². The van der Waals surface area contributed by atoms with Crippen LogP contribution in [0.15, 0.2) is 0 Å². The fourth-order valence-corrected chi connectivity index (χ4v) is 4.35. The van der Waals surface area contributed by atoms with Gasteiger partial charge in [-0.1, -0.05) is 24.7 Å². The number of likely N-dealkylation sites (tertiary alicyclic amines) is 1. The number of nitrogens with two attached hydrogens (primary N) is 1. The van der Waals surface area contributed by atoms with Crippen LogP contribution < -0.4 is 5.73 Å². The number of hydrogen-bond donors (Lipinski definition) is 1. The molecule has 0 radical (unpaired) electrons. The number of aromatic nitrogens is 3. The van der Waals surface area contributed by atoms with Crippen molar-refractivity contribution in [1.82, 2.24) is 20.1 Å². The average molecular weight is 309 g/mol. The summed E-state index contributed by atoms with van der Waals surface area (Å²) in [5, 5.41) is 10.7. The molecule has 1 fully saturated rings. The number of nitrogen functional groups attached to an aromatic ring is 1. The summed E-state index contributed by atoms with van der Waals surface area (Å²) in [5.41, 5.74) is 6.86. The number of aryl methyl sites for hydroxylation is 1. The van der Waals surface area contributed by atoms with E-state index < -0.39 is 0 Å². The van der Waals surface area contributed by atoms with Gasteiger partial charge in [-0.25, -0.2) is 4.98 Å². The molecule has 1 saturated heterocycles. The number of anilines is 1. The van der Waals surface area contributed by atoms with Crippen LogP contribution >= 0.6 is 22.7 Å². The van der Waals surface area contributed by atoms with Gasteiger partial charge in [0.2, 0.25) is 5.13 Å². The molecule has 3 heterocycles. The zero-order valence-electron chi connectivity index (χ0n) is 11.6. The topological polar surface area (TPSA) is 67.9 Å². The van der Waals surface area contributed by atoms with Crippen molar-refractivity contribution >= 4 is 27.8 Å². The van der Waals surface area contributed by atoms with Gasteiger partial charge in [-0.3, -0.25) is 4.90 Å². The Morgan fingerprint density at radius 2 is 2.00 bits per heavy atom. The van der Waals surface area contributed by atoms with Crippen LogP contribution in [0.2, 0.25) is 0 Å².